The first-order valence-corrected chi connectivity index (χ1v) is 8.76. The number of H-pyrrole nitrogens is 1. The molecule has 0 aliphatic heterocycles. The fourth-order valence-electron chi connectivity index (χ4n) is 2.76. The SMILES string of the molecule is COc1ccc2cc(CCNC(=O)C(C)Oc3ccccc3)c(=O)[nH]c2c1. The Morgan fingerprint density at radius 3 is 2.63 bits per heavy atom. The number of fused-ring (bicyclic) bond motifs is 1. The molecule has 1 atom stereocenters. The van der Waals surface area contributed by atoms with Gasteiger partial charge in [0.1, 0.15) is 11.5 Å². The van der Waals surface area contributed by atoms with Crippen LogP contribution < -0.4 is 20.3 Å². The summed E-state index contributed by atoms with van der Waals surface area (Å²) in [7, 11) is 1.58. The number of carbonyl (C=O) groups excluding carboxylic acids is 1. The normalized spacial score (nSPS) is 11.8. The minimum Gasteiger partial charge on any atom is -0.497 e. The third-order valence-electron chi connectivity index (χ3n) is 4.25. The van der Waals surface area contributed by atoms with Gasteiger partial charge in [0.15, 0.2) is 6.10 Å². The monoisotopic (exact) mass is 366 g/mol. The highest BCUT2D eigenvalue weighted by atomic mass is 16.5. The molecule has 6 heteroatoms. The first-order chi connectivity index (χ1) is 13.1. The Balaban J connectivity index is 1.59. The van der Waals surface area contributed by atoms with Crippen LogP contribution in [0.25, 0.3) is 10.9 Å². The number of aromatic nitrogens is 1. The summed E-state index contributed by atoms with van der Waals surface area (Å²) in [5.41, 5.74) is 1.17. The molecule has 3 rings (SSSR count). The lowest BCUT2D eigenvalue weighted by atomic mass is 10.1. The van der Waals surface area contributed by atoms with E-state index < -0.39 is 6.10 Å². The zero-order chi connectivity index (χ0) is 19.2. The molecule has 0 saturated heterocycles. The largest absolute Gasteiger partial charge is 0.497 e. The third kappa shape index (κ3) is 4.67. The number of pyridine rings is 1. The summed E-state index contributed by atoms with van der Waals surface area (Å²) in [6.07, 6.45) is -0.184. The maximum atomic E-state index is 12.2. The van der Waals surface area contributed by atoms with E-state index >= 15 is 0 Å². The van der Waals surface area contributed by atoms with Gasteiger partial charge in [0.05, 0.1) is 12.6 Å². The lowest BCUT2D eigenvalue weighted by Crippen LogP contribution is -2.37. The van der Waals surface area contributed by atoms with Crippen molar-refractivity contribution < 1.29 is 14.3 Å². The highest BCUT2D eigenvalue weighted by molar-refractivity contribution is 5.81. The lowest BCUT2D eigenvalue weighted by molar-refractivity contribution is -0.127. The van der Waals surface area contributed by atoms with Crippen molar-refractivity contribution >= 4 is 16.8 Å². The summed E-state index contributed by atoms with van der Waals surface area (Å²) >= 11 is 0. The summed E-state index contributed by atoms with van der Waals surface area (Å²) in [6, 6.07) is 16.5. The number of carbonyl (C=O) groups is 1. The molecule has 1 aromatic heterocycles. The Labute approximate surface area is 157 Å². The van der Waals surface area contributed by atoms with Crippen LogP contribution in [0.2, 0.25) is 0 Å². The van der Waals surface area contributed by atoms with Crippen molar-refractivity contribution in [3.05, 3.63) is 70.5 Å². The highest BCUT2D eigenvalue weighted by Gasteiger charge is 2.14. The molecule has 0 saturated carbocycles. The molecule has 0 spiro atoms. The number of para-hydroxylation sites is 1. The van der Waals surface area contributed by atoms with Crippen LogP contribution in [-0.4, -0.2) is 30.6 Å². The maximum absolute atomic E-state index is 12.2. The summed E-state index contributed by atoms with van der Waals surface area (Å²) < 4.78 is 10.8. The van der Waals surface area contributed by atoms with E-state index in [0.717, 1.165) is 10.9 Å². The van der Waals surface area contributed by atoms with E-state index in [0.29, 0.717) is 30.0 Å². The van der Waals surface area contributed by atoms with Crippen molar-refractivity contribution in [3.8, 4) is 11.5 Å². The van der Waals surface area contributed by atoms with E-state index in [-0.39, 0.29) is 11.5 Å². The van der Waals surface area contributed by atoms with Gasteiger partial charge in [-0.05, 0) is 49.1 Å². The van der Waals surface area contributed by atoms with Gasteiger partial charge in [0.2, 0.25) is 0 Å². The predicted molar refractivity (Wildman–Crippen MR) is 104 cm³/mol. The number of aromatic amines is 1. The fourth-order valence-corrected chi connectivity index (χ4v) is 2.76. The zero-order valence-electron chi connectivity index (χ0n) is 15.3. The summed E-state index contributed by atoms with van der Waals surface area (Å²) in [6.45, 7) is 2.05. The van der Waals surface area contributed by atoms with E-state index in [1.165, 1.54) is 0 Å². The maximum Gasteiger partial charge on any atom is 0.260 e. The molecule has 0 aliphatic carbocycles. The van der Waals surface area contributed by atoms with Gasteiger partial charge in [-0.25, -0.2) is 0 Å². The summed E-state index contributed by atoms with van der Waals surface area (Å²) in [5.74, 6) is 1.10. The van der Waals surface area contributed by atoms with Crippen LogP contribution in [0.3, 0.4) is 0 Å². The van der Waals surface area contributed by atoms with Crippen LogP contribution in [-0.2, 0) is 11.2 Å². The Kier molecular flexibility index (Phi) is 5.76. The van der Waals surface area contributed by atoms with Crippen molar-refractivity contribution in [1.82, 2.24) is 10.3 Å². The van der Waals surface area contributed by atoms with Crippen molar-refractivity contribution in [2.75, 3.05) is 13.7 Å². The van der Waals surface area contributed by atoms with E-state index in [1.54, 1.807) is 32.2 Å². The van der Waals surface area contributed by atoms with Gasteiger partial charge >= 0.3 is 0 Å². The molecule has 1 amide bonds. The van der Waals surface area contributed by atoms with Crippen LogP contribution in [0.15, 0.2) is 59.4 Å². The first kappa shape index (κ1) is 18.5. The molecular weight excluding hydrogens is 344 g/mol. The van der Waals surface area contributed by atoms with Gasteiger partial charge < -0.3 is 19.8 Å². The second-order valence-corrected chi connectivity index (χ2v) is 6.19. The zero-order valence-corrected chi connectivity index (χ0v) is 15.3. The summed E-state index contributed by atoms with van der Waals surface area (Å²) in [4.78, 5) is 27.3. The molecular formula is C21H22N2O4. The highest BCUT2D eigenvalue weighted by Crippen LogP contribution is 2.18. The van der Waals surface area contributed by atoms with Crippen molar-refractivity contribution in [2.45, 2.75) is 19.4 Å². The van der Waals surface area contributed by atoms with E-state index in [1.807, 2.05) is 36.4 Å². The van der Waals surface area contributed by atoms with Gasteiger partial charge in [-0.3, -0.25) is 9.59 Å². The van der Waals surface area contributed by atoms with Gasteiger partial charge in [-0.2, -0.15) is 0 Å². The number of benzene rings is 2. The average molecular weight is 366 g/mol. The van der Waals surface area contributed by atoms with Crippen LogP contribution >= 0.6 is 0 Å². The lowest BCUT2D eigenvalue weighted by Gasteiger charge is -2.14. The molecule has 2 aromatic carbocycles. The van der Waals surface area contributed by atoms with Gasteiger partial charge in [-0.15, -0.1) is 0 Å². The van der Waals surface area contributed by atoms with E-state index in [4.69, 9.17) is 9.47 Å². The fraction of sp³-hybridized carbons (Fsp3) is 0.238. The quantitative estimate of drug-likeness (QED) is 0.674. The summed E-state index contributed by atoms with van der Waals surface area (Å²) in [5, 5.41) is 3.72. The van der Waals surface area contributed by atoms with Crippen LogP contribution in [0.5, 0.6) is 11.5 Å². The number of hydrogen-bond acceptors (Lipinski definition) is 4. The average Bonchev–Trinajstić information content (AvgIpc) is 2.68. The molecule has 0 radical (unpaired) electrons. The van der Waals surface area contributed by atoms with Crippen LogP contribution in [0.4, 0.5) is 0 Å². The van der Waals surface area contributed by atoms with Crippen molar-refractivity contribution in [3.63, 3.8) is 0 Å². The molecule has 6 nitrogen and oxygen atoms in total. The molecule has 1 heterocycles. The van der Waals surface area contributed by atoms with E-state index in [9.17, 15) is 9.59 Å². The number of nitrogens with one attached hydrogen (secondary N) is 2. The van der Waals surface area contributed by atoms with Crippen molar-refractivity contribution in [1.29, 1.82) is 0 Å². The second kappa shape index (κ2) is 8.40. The van der Waals surface area contributed by atoms with Gasteiger partial charge in [0.25, 0.3) is 11.5 Å². The minimum absolute atomic E-state index is 0.168. The number of rotatable bonds is 7. The number of hydrogen-bond donors (Lipinski definition) is 2. The number of methoxy groups -OCH3 is 1. The van der Waals surface area contributed by atoms with Crippen LogP contribution in [0, 0.1) is 0 Å². The van der Waals surface area contributed by atoms with Crippen LogP contribution in [0.1, 0.15) is 12.5 Å². The predicted octanol–water partition coefficient (Wildman–Crippen LogP) is 2.66. The van der Waals surface area contributed by atoms with Crippen molar-refractivity contribution in [2.24, 2.45) is 0 Å². The Morgan fingerprint density at radius 1 is 1.11 bits per heavy atom. The second-order valence-electron chi connectivity index (χ2n) is 6.19. The Bertz CT molecular complexity index is 982. The standard InChI is InChI=1S/C21H22N2O4/c1-14(27-17-6-4-3-5-7-17)20(24)22-11-10-16-12-15-8-9-18(26-2)13-19(15)23-21(16)25/h3-9,12-14H,10-11H2,1-2H3,(H,22,24)(H,23,25). The molecule has 2 N–H and O–H groups in total. The Morgan fingerprint density at radius 2 is 1.89 bits per heavy atom. The number of ether oxygens (including phenoxy) is 2. The molecule has 0 bridgehead atoms. The first-order valence-electron chi connectivity index (χ1n) is 8.76. The third-order valence-corrected chi connectivity index (χ3v) is 4.25. The molecule has 3 aromatic rings. The number of amides is 1. The molecule has 0 fully saturated rings. The smallest absolute Gasteiger partial charge is 0.260 e. The topological polar surface area (TPSA) is 80.4 Å². The minimum atomic E-state index is -0.616. The molecule has 0 aliphatic rings. The van der Waals surface area contributed by atoms with Gasteiger partial charge in [0, 0.05) is 18.2 Å². The van der Waals surface area contributed by atoms with Gasteiger partial charge in [-0.1, -0.05) is 18.2 Å². The molecule has 27 heavy (non-hydrogen) atoms. The molecule has 1 unspecified atom stereocenters. The Hall–Kier alpha value is -3.28. The van der Waals surface area contributed by atoms with E-state index in [2.05, 4.69) is 10.3 Å². The molecule has 140 valence electrons.